The Labute approximate surface area is 283 Å². The van der Waals surface area contributed by atoms with Crippen LogP contribution in [0.25, 0.3) is 0 Å². The van der Waals surface area contributed by atoms with E-state index in [1.54, 1.807) is 12.4 Å². The highest BCUT2D eigenvalue weighted by Gasteiger charge is 2.70. The van der Waals surface area contributed by atoms with Crippen LogP contribution in [0.2, 0.25) is 0 Å². The van der Waals surface area contributed by atoms with Crippen molar-refractivity contribution in [2.75, 3.05) is 26.6 Å². The van der Waals surface area contributed by atoms with E-state index in [1.807, 2.05) is 6.07 Å². The maximum Gasteiger partial charge on any atom is 0.178 e. The van der Waals surface area contributed by atoms with Gasteiger partial charge < -0.3 is 19.6 Å². The number of fused-ring (bicyclic) bond motifs is 6. The normalized spacial score (nSPS) is 23.6. The van der Waals surface area contributed by atoms with Gasteiger partial charge in [0.15, 0.2) is 11.6 Å². The Hall–Kier alpha value is -5.61. The molecule has 0 aliphatic carbocycles. The number of aromatic nitrogens is 2. The summed E-state index contributed by atoms with van der Waals surface area (Å²) in [4.78, 5) is 20.0. The molecule has 0 fully saturated rings. The second-order valence-corrected chi connectivity index (χ2v) is 13.0. The lowest BCUT2D eigenvalue weighted by atomic mass is 9.51. The van der Waals surface area contributed by atoms with E-state index in [1.165, 1.54) is 5.69 Å². The van der Waals surface area contributed by atoms with Gasteiger partial charge in [0.25, 0.3) is 0 Å². The molecule has 5 aromatic rings. The van der Waals surface area contributed by atoms with Crippen molar-refractivity contribution in [3.8, 4) is 6.07 Å². The molecule has 0 radical (unpaired) electrons. The molecule has 3 aliphatic rings. The largest absolute Gasteiger partial charge is 0.352 e. The summed E-state index contributed by atoms with van der Waals surface area (Å²) in [5, 5.41) is 10.2. The Kier molecular flexibility index (Phi) is 6.81. The third kappa shape index (κ3) is 3.69. The van der Waals surface area contributed by atoms with Crippen LogP contribution in [0.3, 0.4) is 0 Å². The van der Waals surface area contributed by atoms with Gasteiger partial charge in [-0.15, -0.1) is 6.58 Å². The summed E-state index contributed by atoms with van der Waals surface area (Å²) in [6.07, 6.45) is 6.92. The van der Waals surface area contributed by atoms with Gasteiger partial charge in [0, 0.05) is 41.9 Å². The molecule has 8 rings (SSSR count). The summed E-state index contributed by atoms with van der Waals surface area (Å²) >= 11 is 0. The number of benzene rings is 4. The number of rotatable bonds is 6. The molecule has 4 aromatic carbocycles. The molecular weight excluding hydrogens is 591 g/mol. The Morgan fingerprint density at radius 2 is 1.40 bits per heavy atom. The van der Waals surface area contributed by atoms with Gasteiger partial charge >= 0.3 is 0 Å². The Balaban J connectivity index is 1.55. The summed E-state index contributed by atoms with van der Waals surface area (Å²) in [6.45, 7) is 11.4. The second kappa shape index (κ2) is 11.0. The predicted octanol–water partition coefficient (Wildman–Crippen LogP) is 9.13. The topological polar surface area (TPSA) is 62.5 Å². The van der Waals surface area contributed by atoms with Crippen molar-refractivity contribution in [1.82, 2.24) is 9.97 Å². The standard InChI is InChI=1S/C41H39N7/c1-6-40(7-2)31-26-29(27-42)22-23-33(31)47-35-21-15-14-20-34(35)45(5)38(47)41(40,8-3)39-46(30-17-10-9-11-18-30)36-37(44-25-24-43-36)48(39)32-19-13-12-16-28(32)4/h6,9-26,38-39H,1,7-8H2,2-5H3. The second-order valence-electron chi connectivity index (χ2n) is 13.0. The number of nitrogens with zero attached hydrogens (tertiary/aromatic N) is 7. The summed E-state index contributed by atoms with van der Waals surface area (Å²) in [5.74, 6) is 1.64. The van der Waals surface area contributed by atoms with Crippen LogP contribution >= 0.6 is 0 Å². The van der Waals surface area contributed by atoms with Crippen molar-refractivity contribution < 1.29 is 0 Å². The lowest BCUT2D eigenvalue weighted by molar-refractivity contribution is 0.0652. The summed E-state index contributed by atoms with van der Waals surface area (Å²) in [5.41, 5.74) is 7.33. The summed E-state index contributed by atoms with van der Waals surface area (Å²) < 4.78 is 0. The van der Waals surface area contributed by atoms with Gasteiger partial charge in [0.05, 0.1) is 28.4 Å². The fourth-order valence-electron chi connectivity index (χ4n) is 9.31. The van der Waals surface area contributed by atoms with E-state index >= 15 is 0 Å². The van der Waals surface area contributed by atoms with E-state index in [0.717, 1.165) is 58.4 Å². The monoisotopic (exact) mass is 629 g/mol. The zero-order chi connectivity index (χ0) is 33.2. The molecule has 48 heavy (non-hydrogen) atoms. The number of aryl methyl sites for hydroxylation is 1. The third-order valence-electron chi connectivity index (χ3n) is 11.3. The highest BCUT2D eigenvalue weighted by Crippen LogP contribution is 2.68. The van der Waals surface area contributed by atoms with Crippen molar-refractivity contribution >= 4 is 40.1 Å². The minimum Gasteiger partial charge on any atom is -0.352 e. The molecular formula is C41H39N7. The lowest BCUT2D eigenvalue weighted by Crippen LogP contribution is -2.72. The van der Waals surface area contributed by atoms with Gasteiger partial charge in [-0.05, 0) is 79.4 Å². The molecule has 4 atom stereocenters. The minimum atomic E-state index is -0.584. The van der Waals surface area contributed by atoms with E-state index in [2.05, 4.69) is 157 Å². The molecule has 3 aliphatic heterocycles. The first-order valence-corrected chi connectivity index (χ1v) is 16.8. The molecule has 0 saturated carbocycles. The van der Waals surface area contributed by atoms with Crippen molar-refractivity contribution in [3.63, 3.8) is 0 Å². The van der Waals surface area contributed by atoms with E-state index in [9.17, 15) is 5.26 Å². The van der Waals surface area contributed by atoms with Gasteiger partial charge in [-0.25, -0.2) is 9.97 Å². The van der Waals surface area contributed by atoms with Gasteiger partial charge in [0.1, 0.15) is 12.3 Å². The number of anilines is 7. The Bertz CT molecular complexity index is 2090. The molecule has 7 nitrogen and oxygen atoms in total. The number of hydrogen-bond donors (Lipinski definition) is 0. The molecule has 0 saturated heterocycles. The average Bonchev–Trinajstić information content (AvgIpc) is 3.64. The maximum absolute atomic E-state index is 10.2. The zero-order valence-corrected chi connectivity index (χ0v) is 27.9. The van der Waals surface area contributed by atoms with Crippen LogP contribution in [-0.2, 0) is 5.41 Å². The molecule has 7 heteroatoms. The molecule has 4 heterocycles. The lowest BCUT2D eigenvalue weighted by Gasteiger charge is -2.64. The van der Waals surface area contributed by atoms with Crippen molar-refractivity contribution in [3.05, 3.63) is 139 Å². The van der Waals surface area contributed by atoms with E-state index in [4.69, 9.17) is 9.97 Å². The van der Waals surface area contributed by atoms with Crippen LogP contribution in [0, 0.1) is 23.7 Å². The van der Waals surface area contributed by atoms with Crippen molar-refractivity contribution in [2.45, 2.75) is 51.4 Å². The molecule has 0 amide bonds. The van der Waals surface area contributed by atoms with E-state index in [0.29, 0.717) is 5.56 Å². The first kappa shape index (κ1) is 29.8. The SMILES string of the molecule is C=CC1(CC)c2cc(C#N)ccc2N2c3ccccc3N(C)C2C1(CC)C1N(c2ccccc2)c2nccnc2N1c1ccccc1C. The summed E-state index contributed by atoms with van der Waals surface area (Å²) in [6, 6.07) is 36.5. The number of nitriles is 1. The predicted molar refractivity (Wildman–Crippen MR) is 195 cm³/mol. The van der Waals surface area contributed by atoms with Gasteiger partial charge in [0.2, 0.25) is 0 Å². The van der Waals surface area contributed by atoms with Crippen LogP contribution in [0.1, 0.15) is 43.4 Å². The zero-order valence-electron chi connectivity index (χ0n) is 27.9. The Morgan fingerprint density at radius 1 is 0.750 bits per heavy atom. The number of hydrogen-bond acceptors (Lipinski definition) is 7. The molecule has 1 aromatic heterocycles. The quantitative estimate of drug-likeness (QED) is 0.174. The molecule has 4 unspecified atom stereocenters. The van der Waals surface area contributed by atoms with Gasteiger partial charge in [-0.2, -0.15) is 5.26 Å². The van der Waals surface area contributed by atoms with Gasteiger partial charge in [-0.3, -0.25) is 0 Å². The van der Waals surface area contributed by atoms with Crippen LogP contribution in [0.5, 0.6) is 0 Å². The molecule has 0 bridgehead atoms. The van der Waals surface area contributed by atoms with Gasteiger partial charge in [-0.1, -0.05) is 68.5 Å². The van der Waals surface area contributed by atoms with E-state index < -0.39 is 10.8 Å². The van der Waals surface area contributed by atoms with E-state index in [-0.39, 0.29) is 12.3 Å². The van der Waals surface area contributed by atoms with Crippen LogP contribution in [0.15, 0.2) is 122 Å². The Morgan fingerprint density at radius 3 is 2.04 bits per heavy atom. The van der Waals surface area contributed by atoms with Crippen molar-refractivity contribution in [1.29, 1.82) is 5.26 Å². The maximum atomic E-state index is 10.2. The fourth-order valence-corrected chi connectivity index (χ4v) is 9.31. The van der Waals surface area contributed by atoms with Crippen LogP contribution in [-0.4, -0.2) is 29.3 Å². The number of allylic oxidation sites excluding steroid dienone is 1. The fraction of sp³-hybridized carbons (Fsp3) is 0.244. The molecule has 0 spiro atoms. The minimum absolute atomic E-state index is 0.129. The molecule has 0 N–H and O–H groups in total. The smallest absolute Gasteiger partial charge is 0.178 e. The number of para-hydroxylation sites is 4. The van der Waals surface area contributed by atoms with Crippen LogP contribution in [0.4, 0.5) is 40.1 Å². The van der Waals surface area contributed by atoms with Crippen LogP contribution < -0.4 is 19.6 Å². The summed E-state index contributed by atoms with van der Waals surface area (Å²) in [7, 11) is 2.23. The van der Waals surface area contributed by atoms with Crippen molar-refractivity contribution in [2.24, 2.45) is 5.41 Å². The third-order valence-corrected chi connectivity index (χ3v) is 11.3. The first-order chi connectivity index (χ1) is 23.5. The first-order valence-electron chi connectivity index (χ1n) is 16.8. The highest BCUT2D eigenvalue weighted by atomic mass is 15.5. The highest BCUT2D eigenvalue weighted by molar-refractivity contribution is 5.90. The molecule has 238 valence electrons. The average molecular weight is 630 g/mol.